The molecule has 1 fully saturated rings. The number of amides is 2. The average molecular weight is 548 g/mol. The molecule has 2 aliphatic heterocycles. The summed E-state index contributed by atoms with van der Waals surface area (Å²) >= 11 is 2.30. The number of nitrogens with zero attached hydrogens (tertiary/aromatic N) is 3. The molecule has 194 valence electrons. The summed E-state index contributed by atoms with van der Waals surface area (Å²) in [5.74, 6) is -2.63. The van der Waals surface area contributed by atoms with E-state index in [4.69, 9.17) is 15.2 Å². The third-order valence-corrected chi connectivity index (χ3v) is 7.41. The number of β-lactam (4-membered cyclic amide) rings is 1. The van der Waals surface area contributed by atoms with Crippen LogP contribution in [0.3, 0.4) is 0 Å². The van der Waals surface area contributed by atoms with Gasteiger partial charge in [-0.1, -0.05) is 5.16 Å². The lowest BCUT2D eigenvalue weighted by atomic mass is 10.0. The number of hydrogen-bond donors (Lipinski definition) is 4. The van der Waals surface area contributed by atoms with Gasteiger partial charge in [0.2, 0.25) is 0 Å². The molecule has 0 spiro atoms. The van der Waals surface area contributed by atoms with Gasteiger partial charge in [-0.2, -0.15) is 0 Å². The van der Waals surface area contributed by atoms with E-state index < -0.39 is 40.9 Å². The molecule has 0 bridgehead atoms. The van der Waals surface area contributed by atoms with Gasteiger partial charge < -0.3 is 30.8 Å². The van der Waals surface area contributed by atoms with Gasteiger partial charge in [0.25, 0.3) is 11.8 Å². The number of oxime groups is 1. The smallest absolute Gasteiger partial charge is 0.352 e. The van der Waals surface area contributed by atoms with Crippen LogP contribution in [0, 0.1) is 0 Å². The van der Waals surface area contributed by atoms with Crippen molar-refractivity contribution in [3.8, 4) is 5.75 Å². The average Bonchev–Trinajstić information content (AvgIpc) is 3.31. The van der Waals surface area contributed by atoms with Crippen LogP contribution in [0.15, 0.2) is 46.1 Å². The van der Waals surface area contributed by atoms with E-state index in [9.17, 15) is 29.5 Å². The fraction of sp³-hybridized carbons (Fsp3) is 0.273. The van der Waals surface area contributed by atoms with Crippen LogP contribution in [0.5, 0.6) is 5.75 Å². The summed E-state index contributed by atoms with van der Waals surface area (Å²) in [5, 5.41) is 25.4. The van der Waals surface area contributed by atoms with Crippen LogP contribution in [0.2, 0.25) is 0 Å². The van der Waals surface area contributed by atoms with Gasteiger partial charge in [0.1, 0.15) is 35.2 Å². The maximum Gasteiger partial charge on any atom is 0.352 e. The molecule has 2 aromatic rings. The van der Waals surface area contributed by atoms with Crippen molar-refractivity contribution in [2.75, 3.05) is 24.7 Å². The van der Waals surface area contributed by atoms with Crippen LogP contribution in [-0.4, -0.2) is 80.0 Å². The molecule has 15 heteroatoms. The number of carbonyl (C=O) groups is 4. The molecule has 37 heavy (non-hydrogen) atoms. The number of aromatic nitrogens is 1. The lowest BCUT2D eigenvalue weighted by Crippen LogP contribution is -2.71. The highest BCUT2D eigenvalue weighted by atomic mass is 32.2. The van der Waals surface area contributed by atoms with Gasteiger partial charge in [-0.3, -0.25) is 14.5 Å². The monoisotopic (exact) mass is 547 g/mol. The Balaban J connectivity index is 1.43. The van der Waals surface area contributed by atoms with Crippen LogP contribution < -0.4 is 15.8 Å². The Labute approximate surface area is 217 Å². The molecule has 1 aromatic heterocycles. The van der Waals surface area contributed by atoms with Crippen molar-refractivity contribution in [3.63, 3.8) is 0 Å². The molecule has 0 saturated carbocycles. The summed E-state index contributed by atoms with van der Waals surface area (Å²) in [5.41, 5.74) is 5.68. The number of carboxylic acids is 1. The summed E-state index contributed by atoms with van der Waals surface area (Å²) in [4.78, 5) is 54.3. The van der Waals surface area contributed by atoms with Crippen LogP contribution in [0.4, 0.5) is 5.13 Å². The zero-order valence-electron chi connectivity index (χ0n) is 19.2. The largest absolute Gasteiger partial charge is 0.489 e. The highest BCUT2D eigenvalue weighted by molar-refractivity contribution is 8.00. The van der Waals surface area contributed by atoms with Gasteiger partial charge in [-0.25, -0.2) is 14.6 Å². The second kappa shape index (κ2) is 10.9. The molecule has 2 amide bonds. The fourth-order valence-corrected chi connectivity index (χ4v) is 5.56. The number of thiazole rings is 1. The predicted molar refractivity (Wildman–Crippen MR) is 132 cm³/mol. The Kier molecular flexibility index (Phi) is 7.63. The molecule has 0 aliphatic carbocycles. The number of aliphatic carboxylic acids is 1. The number of thioether (sulfide) groups is 1. The molecule has 2 aliphatic rings. The van der Waals surface area contributed by atoms with Crippen molar-refractivity contribution in [3.05, 3.63) is 52.2 Å². The number of nitrogen functional groups attached to an aromatic ring is 1. The molecular formula is C22H21N5O8S2. The van der Waals surface area contributed by atoms with E-state index in [0.29, 0.717) is 16.9 Å². The first-order chi connectivity index (χ1) is 17.7. The minimum absolute atomic E-state index is 0.0447. The number of anilines is 1. The Morgan fingerprint density at radius 2 is 2.03 bits per heavy atom. The molecule has 0 radical (unpaired) electrons. The first-order valence-corrected chi connectivity index (χ1v) is 12.7. The predicted octanol–water partition coefficient (Wildman–Crippen LogP) is 0.898. The standard InChI is InChI=1S/C22H21N5O8S2/c1-2-34-21(32)10-3-5-12(6-4-10)35-7-11-8-36-19-15(18(29)27(19)16(11)20(30)31)25-17(28)14(26-33)13-9-37-22(23)24-13/h3-6,9,15,19,33H,2,7-8H2,1H3,(H2,23,24)(H,25,28)(H,30,31)/b26-14-/t15?,19-/m1/s1. The van der Waals surface area contributed by atoms with E-state index in [1.807, 2.05) is 0 Å². The summed E-state index contributed by atoms with van der Waals surface area (Å²) in [7, 11) is 0. The van der Waals surface area contributed by atoms with Gasteiger partial charge in [0.05, 0.1) is 12.2 Å². The maximum absolute atomic E-state index is 12.9. The molecule has 1 unspecified atom stereocenters. The third-order valence-electron chi connectivity index (χ3n) is 5.39. The SMILES string of the molecule is CCOC(=O)c1ccc(OCC2=C(C(=O)O)N3C(=O)C(NC(=O)/C(=N\O)c4csc(N)n4)[C@H]3SC2)cc1. The summed E-state index contributed by atoms with van der Waals surface area (Å²) in [6.07, 6.45) is 0. The fourth-order valence-electron chi connectivity index (χ4n) is 3.69. The number of ether oxygens (including phenoxy) is 2. The first kappa shape index (κ1) is 26.0. The van der Waals surface area contributed by atoms with Gasteiger partial charge in [0.15, 0.2) is 10.8 Å². The van der Waals surface area contributed by atoms with Crippen LogP contribution in [0.25, 0.3) is 0 Å². The Hall–Kier alpha value is -4.11. The molecular weight excluding hydrogens is 526 g/mol. The number of benzene rings is 1. The number of carboxylic acid groups (broad SMARTS) is 1. The van der Waals surface area contributed by atoms with E-state index in [2.05, 4.69) is 15.5 Å². The number of carbonyl (C=O) groups excluding carboxylic acids is 3. The molecule has 1 aromatic carbocycles. The summed E-state index contributed by atoms with van der Waals surface area (Å²) in [6.45, 7) is 1.85. The molecule has 4 rings (SSSR count). The number of esters is 1. The van der Waals surface area contributed by atoms with Crippen LogP contribution in [-0.2, 0) is 19.1 Å². The number of hydrogen-bond acceptors (Lipinski definition) is 12. The van der Waals surface area contributed by atoms with Crippen molar-refractivity contribution in [2.45, 2.75) is 18.3 Å². The normalized spacial score (nSPS) is 19.1. The third kappa shape index (κ3) is 5.22. The Morgan fingerprint density at radius 1 is 1.30 bits per heavy atom. The second-order valence-corrected chi connectivity index (χ2v) is 9.67. The second-order valence-electron chi connectivity index (χ2n) is 7.67. The van der Waals surface area contributed by atoms with E-state index in [1.165, 1.54) is 29.3 Å². The summed E-state index contributed by atoms with van der Waals surface area (Å²) in [6, 6.07) is 5.14. The summed E-state index contributed by atoms with van der Waals surface area (Å²) < 4.78 is 10.6. The van der Waals surface area contributed by atoms with Crippen molar-refractivity contribution < 1.29 is 39.0 Å². The van der Waals surface area contributed by atoms with Crippen molar-refractivity contribution in [2.24, 2.45) is 5.16 Å². The first-order valence-electron chi connectivity index (χ1n) is 10.8. The zero-order chi connectivity index (χ0) is 26.7. The highest BCUT2D eigenvalue weighted by Crippen LogP contribution is 2.40. The minimum Gasteiger partial charge on any atom is -0.489 e. The molecule has 3 heterocycles. The molecule has 5 N–H and O–H groups in total. The quantitative estimate of drug-likeness (QED) is 0.115. The van der Waals surface area contributed by atoms with Crippen LogP contribution in [0.1, 0.15) is 23.0 Å². The van der Waals surface area contributed by atoms with Crippen molar-refractivity contribution >= 4 is 57.7 Å². The maximum atomic E-state index is 12.9. The topological polar surface area (TPSA) is 194 Å². The number of fused-ring (bicyclic) bond motifs is 1. The number of nitrogens with two attached hydrogens (primary N) is 1. The highest BCUT2D eigenvalue weighted by Gasteiger charge is 2.54. The molecule has 2 atom stereocenters. The van der Waals surface area contributed by atoms with Gasteiger partial charge in [-0.05, 0) is 31.2 Å². The Bertz CT molecular complexity index is 1310. The zero-order valence-corrected chi connectivity index (χ0v) is 20.9. The lowest BCUT2D eigenvalue weighted by Gasteiger charge is -2.49. The lowest BCUT2D eigenvalue weighted by molar-refractivity contribution is -0.150. The van der Waals surface area contributed by atoms with Crippen molar-refractivity contribution in [1.29, 1.82) is 0 Å². The number of rotatable bonds is 9. The van der Waals surface area contributed by atoms with Gasteiger partial charge in [0, 0.05) is 16.7 Å². The Morgan fingerprint density at radius 3 is 2.62 bits per heavy atom. The van der Waals surface area contributed by atoms with Crippen LogP contribution >= 0.6 is 23.1 Å². The number of nitrogens with one attached hydrogen (secondary N) is 1. The molecule has 13 nitrogen and oxygen atoms in total. The van der Waals surface area contributed by atoms with Gasteiger partial charge in [-0.15, -0.1) is 23.1 Å². The van der Waals surface area contributed by atoms with E-state index >= 15 is 0 Å². The van der Waals surface area contributed by atoms with Crippen molar-refractivity contribution in [1.82, 2.24) is 15.2 Å². The van der Waals surface area contributed by atoms with E-state index in [1.54, 1.807) is 19.1 Å². The van der Waals surface area contributed by atoms with Gasteiger partial charge >= 0.3 is 11.9 Å². The molecule has 1 saturated heterocycles. The van der Waals surface area contributed by atoms with E-state index in [0.717, 1.165) is 16.2 Å². The minimum atomic E-state index is -1.31. The van der Waals surface area contributed by atoms with E-state index in [-0.39, 0.29) is 35.5 Å².